The Morgan fingerprint density at radius 2 is 2.03 bits per heavy atom. The summed E-state index contributed by atoms with van der Waals surface area (Å²) in [6, 6.07) is 5.02. The Kier molecular flexibility index (Phi) is 5.80. The topological polar surface area (TPSA) is 102 Å². The largest absolute Gasteiger partial charge is 0.465 e. The van der Waals surface area contributed by atoms with Crippen molar-refractivity contribution in [1.29, 1.82) is 0 Å². The molecule has 1 N–H and O–H groups in total. The number of carbonyl (C=O) groups excluding carboxylic acids is 1. The lowest BCUT2D eigenvalue weighted by molar-refractivity contribution is -0.00102. The van der Waals surface area contributed by atoms with E-state index in [1.807, 2.05) is 0 Å². The van der Waals surface area contributed by atoms with Gasteiger partial charge in [0, 0.05) is 20.1 Å². The van der Waals surface area contributed by atoms with Crippen LogP contribution in [0.5, 0.6) is 0 Å². The fraction of sp³-hybridized carbons (Fsp3) is 0.400. The van der Waals surface area contributed by atoms with E-state index in [0.717, 1.165) is 5.69 Å². The highest BCUT2D eigenvalue weighted by molar-refractivity contribution is 9.10. The SMILES string of the molecule is COC(=O)c1ccc(N2CCC(O)(Cn3cnc4c(Br)n(C)nc4c3=O)CC2)c(Cl)c1. The molecule has 0 bridgehead atoms. The summed E-state index contributed by atoms with van der Waals surface area (Å²) < 4.78 is 8.31. The van der Waals surface area contributed by atoms with Gasteiger partial charge in [0.25, 0.3) is 5.56 Å². The van der Waals surface area contributed by atoms with Crippen LogP contribution >= 0.6 is 27.5 Å². The number of esters is 1. The highest BCUT2D eigenvalue weighted by atomic mass is 79.9. The lowest BCUT2D eigenvalue weighted by Gasteiger charge is -2.39. The fourth-order valence-electron chi connectivity index (χ4n) is 3.83. The molecule has 1 aliphatic heterocycles. The summed E-state index contributed by atoms with van der Waals surface area (Å²) in [5, 5.41) is 15.8. The minimum atomic E-state index is -1.06. The van der Waals surface area contributed by atoms with Crippen molar-refractivity contribution >= 4 is 50.2 Å². The first kappa shape index (κ1) is 21.8. The maximum atomic E-state index is 12.8. The lowest BCUT2D eigenvalue weighted by Crippen LogP contribution is -2.48. The van der Waals surface area contributed by atoms with E-state index in [1.165, 1.54) is 18.0 Å². The number of piperidine rings is 1. The van der Waals surface area contributed by atoms with Crippen LogP contribution < -0.4 is 10.5 Å². The molecule has 11 heteroatoms. The first-order chi connectivity index (χ1) is 14.7. The number of carbonyl (C=O) groups is 1. The van der Waals surface area contributed by atoms with E-state index in [-0.39, 0.29) is 17.6 Å². The molecule has 31 heavy (non-hydrogen) atoms. The first-order valence-electron chi connectivity index (χ1n) is 9.65. The third kappa shape index (κ3) is 4.07. The zero-order valence-corrected chi connectivity index (χ0v) is 19.4. The number of methoxy groups -OCH3 is 1. The van der Waals surface area contributed by atoms with Gasteiger partial charge in [-0.3, -0.25) is 14.0 Å². The van der Waals surface area contributed by atoms with Crippen molar-refractivity contribution in [1.82, 2.24) is 19.3 Å². The molecule has 0 saturated carbocycles. The molecule has 3 aromatic rings. The molecule has 164 valence electrons. The van der Waals surface area contributed by atoms with Gasteiger partial charge in [0.2, 0.25) is 0 Å². The number of nitrogens with zero attached hydrogens (tertiary/aromatic N) is 5. The van der Waals surface area contributed by atoms with Gasteiger partial charge in [-0.15, -0.1) is 0 Å². The number of aryl methyl sites for hydroxylation is 1. The van der Waals surface area contributed by atoms with Crippen molar-refractivity contribution < 1.29 is 14.6 Å². The Labute approximate surface area is 191 Å². The van der Waals surface area contributed by atoms with Crippen LogP contribution in [-0.4, -0.2) is 56.2 Å². The standard InChI is InChI=1S/C20H21BrClN5O4/c1-25-17(21)15-16(24-25)18(28)27(11-23-15)10-20(30)5-7-26(8-6-20)14-4-3-12(9-13(14)22)19(29)31-2/h3-4,9,11,30H,5-8,10H2,1-2H3. The lowest BCUT2D eigenvalue weighted by atomic mass is 9.91. The minimum absolute atomic E-state index is 0.131. The summed E-state index contributed by atoms with van der Waals surface area (Å²) >= 11 is 9.75. The molecule has 1 saturated heterocycles. The highest BCUT2D eigenvalue weighted by Gasteiger charge is 2.34. The number of hydrogen-bond acceptors (Lipinski definition) is 7. The van der Waals surface area contributed by atoms with Gasteiger partial charge in [-0.05, 0) is 47.0 Å². The molecule has 0 unspecified atom stereocenters. The zero-order valence-electron chi connectivity index (χ0n) is 17.0. The summed E-state index contributed by atoms with van der Waals surface area (Å²) in [5.74, 6) is -0.447. The van der Waals surface area contributed by atoms with Gasteiger partial charge in [0.15, 0.2) is 5.52 Å². The molecule has 1 aliphatic rings. The Hall–Kier alpha value is -2.43. The molecule has 0 amide bonds. The summed E-state index contributed by atoms with van der Waals surface area (Å²) in [4.78, 5) is 30.8. The summed E-state index contributed by atoms with van der Waals surface area (Å²) in [6.07, 6.45) is 2.33. The zero-order chi connectivity index (χ0) is 22.3. The molecular weight excluding hydrogens is 490 g/mol. The summed E-state index contributed by atoms with van der Waals surface area (Å²) in [6.45, 7) is 1.23. The molecule has 3 heterocycles. The highest BCUT2D eigenvalue weighted by Crippen LogP contribution is 2.32. The van der Waals surface area contributed by atoms with Gasteiger partial charge in [-0.1, -0.05) is 11.6 Å². The molecule has 0 radical (unpaired) electrons. The van der Waals surface area contributed by atoms with Crippen molar-refractivity contribution in [2.45, 2.75) is 25.0 Å². The Morgan fingerprint density at radius 3 is 2.68 bits per heavy atom. The second-order valence-corrected chi connectivity index (χ2v) is 8.82. The van der Waals surface area contributed by atoms with E-state index >= 15 is 0 Å². The van der Waals surface area contributed by atoms with E-state index in [0.29, 0.717) is 46.6 Å². The predicted molar refractivity (Wildman–Crippen MR) is 120 cm³/mol. The number of halogens is 2. The number of rotatable bonds is 4. The van der Waals surface area contributed by atoms with E-state index < -0.39 is 11.6 Å². The van der Waals surface area contributed by atoms with E-state index in [9.17, 15) is 14.7 Å². The number of ether oxygens (including phenoxy) is 1. The molecule has 0 aliphatic carbocycles. The third-order valence-corrected chi connectivity index (χ3v) is 6.80. The molecule has 1 fully saturated rings. The number of anilines is 1. The maximum Gasteiger partial charge on any atom is 0.337 e. The Morgan fingerprint density at radius 1 is 1.32 bits per heavy atom. The average Bonchev–Trinajstić information content (AvgIpc) is 3.05. The third-order valence-electron chi connectivity index (χ3n) is 5.61. The van der Waals surface area contributed by atoms with Gasteiger partial charge in [-0.25, -0.2) is 9.78 Å². The molecule has 0 atom stereocenters. The van der Waals surface area contributed by atoms with Gasteiger partial charge in [0.1, 0.15) is 10.1 Å². The summed E-state index contributed by atoms with van der Waals surface area (Å²) in [7, 11) is 3.04. The molecule has 9 nitrogen and oxygen atoms in total. The number of fused-ring (bicyclic) bond motifs is 1. The quantitative estimate of drug-likeness (QED) is 0.538. The van der Waals surface area contributed by atoms with Crippen molar-refractivity contribution in [3.63, 3.8) is 0 Å². The van der Waals surface area contributed by atoms with Crippen LogP contribution in [0.2, 0.25) is 5.02 Å². The van der Waals surface area contributed by atoms with E-state index in [1.54, 1.807) is 29.9 Å². The van der Waals surface area contributed by atoms with Crippen LogP contribution in [0.25, 0.3) is 11.0 Å². The Balaban J connectivity index is 1.49. The van der Waals surface area contributed by atoms with Gasteiger partial charge in [-0.2, -0.15) is 5.10 Å². The molecular formula is C20H21BrClN5O4. The van der Waals surface area contributed by atoms with Crippen LogP contribution in [0, 0.1) is 0 Å². The smallest absolute Gasteiger partial charge is 0.337 e. The summed E-state index contributed by atoms with van der Waals surface area (Å²) in [5.41, 5.74) is 0.581. The van der Waals surface area contributed by atoms with Crippen molar-refractivity contribution in [3.8, 4) is 0 Å². The number of aromatic nitrogens is 4. The van der Waals surface area contributed by atoms with Crippen molar-refractivity contribution in [2.75, 3.05) is 25.1 Å². The van der Waals surface area contributed by atoms with Crippen LogP contribution in [-0.2, 0) is 18.3 Å². The first-order valence-corrected chi connectivity index (χ1v) is 10.8. The normalized spacial score (nSPS) is 16.0. The van der Waals surface area contributed by atoms with E-state index in [2.05, 4.69) is 30.9 Å². The van der Waals surface area contributed by atoms with Gasteiger partial charge >= 0.3 is 5.97 Å². The molecule has 0 spiro atoms. The predicted octanol–water partition coefficient (Wildman–Crippen LogP) is 2.36. The van der Waals surface area contributed by atoms with Gasteiger partial charge in [0.05, 0.1) is 41.9 Å². The average molecular weight is 511 g/mol. The fourth-order valence-corrected chi connectivity index (χ4v) is 4.50. The monoisotopic (exact) mass is 509 g/mol. The van der Waals surface area contributed by atoms with Crippen LogP contribution in [0.3, 0.4) is 0 Å². The molecule has 1 aromatic carbocycles. The number of hydrogen-bond donors (Lipinski definition) is 1. The Bertz CT molecular complexity index is 1220. The van der Waals surface area contributed by atoms with E-state index in [4.69, 9.17) is 16.3 Å². The molecule has 4 rings (SSSR count). The number of aliphatic hydroxyl groups is 1. The minimum Gasteiger partial charge on any atom is -0.465 e. The van der Waals surface area contributed by atoms with Crippen LogP contribution in [0.1, 0.15) is 23.2 Å². The second-order valence-electron chi connectivity index (χ2n) is 7.66. The van der Waals surface area contributed by atoms with Gasteiger partial charge < -0.3 is 14.7 Å². The van der Waals surface area contributed by atoms with Crippen LogP contribution in [0.4, 0.5) is 5.69 Å². The second kappa shape index (κ2) is 8.25. The molecule has 2 aromatic heterocycles. The van der Waals surface area contributed by atoms with Crippen LogP contribution in [0.15, 0.2) is 33.9 Å². The van der Waals surface area contributed by atoms with Crippen molar-refractivity contribution in [2.24, 2.45) is 7.05 Å². The number of benzene rings is 1. The maximum absolute atomic E-state index is 12.8. The van der Waals surface area contributed by atoms with Crippen molar-refractivity contribution in [3.05, 3.63) is 50.1 Å².